The molecule has 0 atom stereocenters. The maximum Gasteiger partial charge on any atom is 0.370 e. The molecule has 122 valence electrons. The molecule has 0 unspecified atom stereocenters. The van der Waals surface area contributed by atoms with Crippen LogP contribution >= 0.6 is 0 Å². The lowest BCUT2D eigenvalue weighted by Crippen LogP contribution is -2.15. The zero-order valence-corrected chi connectivity index (χ0v) is 13.0. The van der Waals surface area contributed by atoms with Crippen molar-refractivity contribution in [3.05, 3.63) is 18.7 Å². The third-order valence-corrected chi connectivity index (χ3v) is 2.57. The molecule has 0 bridgehead atoms. The summed E-state index contributed by atoms with van der Waals surface area (Å²) in [6.07, 6.45) is 4.80. The Morgan fingerprint density at radius 3 is 2.36 bits per heavy atom. The molecular formula is C9H13F2N5O4S2+2. The van der Waals surface area contributed by atoms with Crippen molar-refractivity contribution in [3.8, 4) is 0 Å². The van der Waals surface area contributed by atoms with Crippen molar-refractivity contribution in [2.45, 2.75) is 5.16 Å². The fourth-order valence-corrected chi connectivity index (χ4v) is 1.55. The smallest absolute Gasteiger partial charge is 0.234 e. The van der Waals surface area contributed by atoms with E-state index in [9.17, 15) is 16.7 Å². The molecule has 1 aromatic heterocycles. The summed E-state index contributed by atoms with van der Waals surface area (Å²) in [6.45, 7) is 5.59. The molecule has 0 aliphatic carbocycles. The number of aromatic nitrogens is 3. The van der Waals surface area contributed by atoms with Crippen molar-refractivity contribution in [2.75, 3.05) is 20.3 Å². The average molecular weight is 357 g/mol. The Balaban J connectivity index is 0.000000342. The van der Waals surface area contributed by atoms with Gasteiger partial charge in [-0.25, -0.2) is 5.10 Å². The summed E-state index contributed by atoms with van der Waals surface area (Å²) in [5.74, 6) is 0. The standard InChI is InChI=1S/C7H12N2.C2HF2N3O2S.O2S/c1-3-4-9-6-5-8(2)7-9;3-1-5-2(7-6-1)10(4,8)9;1-3-2/h3,5-6H,1,4,7H2,2H3;(H,5,6,7);/q+2;;. The van der Waals surface area contributed by atoms with Crippen LogP contribution in [0.2, 0.25) is 0 Å². The van der Waals surface area contributed by atoms with E-state index in [-0.39, 0.29) is 0 Å². The molecule has 0 spiro atoms. The third-order valence-electron chi connectivity index (χ3n) is 1.96. The molecule has 1 aromatic rings. The maximum absolute atomic E-state index is 11.8. The first-order valence-electron chi connectivity index (χ1n) is 5.42. The Bertz CT molecular complexity index is 707. The highest BCUT2D eigenvalue weighted by Crippen LogP contribution is 2.03. The van der Waals surface area contributed by atoms with Gasteiger partial charge in [-0.1, -0.05) is 10.5 Å². The number of H-pyrrole nitrogens is 1. The van der Waals surface area contributed by atoms with Crippen LogP contribution in [0.3, 0.4) is 0 Å². The van der Waals surface area contributed by atoms with E-state index in [4.69, 9.17) is 8.42 Å². The Hall–Kier alpha value is -2.15. The first-order chi connectivity index (χ1) is 10.2. The highest BCUT2D eigenvalue weighted by atomic mass is 32.3. The Labute approximate surface area is 128 Å². The van der Waals surface area contributed by atoms with Crippen molar-refractivity contribution in [1.29, 1.82) is 0 Å². The molecule has 22 heavy (non-hydrogen) atoms. The predicted octanol–water partition coefficient (Wildman–Crippen LogP) is -1.13. The summed E-state index contributed by atoms with van der Waals surface area (Å²) in [7, 11) is -2.92. The molecule has 13 heteroatoms. The number of hydrogen-bond acceptors (Lipinski definition) is 6. The van der Waals surface area contributed by atoms with E-state index < -0.39 is 33.0 Å². The quantitative estimate of drug-likeness (QED) is 0.416. The number of hydrogen-bond donors (Lipinski definition) is 1. The van der Waals surface area contributed by atoms with Crippen LogP contribution < -0.4 is 0 Å². The lowest BCUT2D eigenvalue weighted by atomic mass is 10.6. The minimum absolute atomic E-state index is 0.750. The largest absolute Gasteiger partial charge is 0.370 e. The van der Waals surface area contributed by atoms with E-state index in [0.29, 0.717) is 0 Å². The summed E-state index contributed by atoms with van der Waals surface area (Å²) in [4.78, 5) is 2.59. The van der Waals surface area contributed by atoms with Crippen LogP contribution in [-0.2, 0) is 21.8 Å². The van der Waals surface area contributed by atoms with E-state index in [2.05, 4.69) is 45.3 Å². The van der Waals surface area contributed by atoms with Gasteiger partial charge in [0.05, 0.1) is 0 Å². The molecule has 0 amide bonds. The van der Waals surface area contributed by atoms with Crippen molar-refractivity contribution in [3.63, 3.8) is 0 Å². The van der Waals surface area contributed by atoms with Crippen molar-refractivity contribution >= 4 is 34.2 Å². The summed E-state index contributed by atoms with van der Waals surface area (Å²) >= 11 is -0.750. The van der Waals surface area contributed by atoms with Gasteiger partial charge in [-0.15, -0.1) is 5.10 Å². The Morgan fingerprint density at radius 1 is 1.50 bits per heavy atom. The second-order valence-electron chi connectivity index (χ2n) is 3.67. The lowest BCUT2D eigenvalue weighted by molar-refractivity contribution is -0.695. The SMILES string of the molecule is C=CC[N+]1=CC=[N+](C)C1.O=S(=O)(F)c1n[nH]c(F)n1.O=S=O. The fourth-order valence-electron chi connectivity index (χ4n) is 1.21. The first kappa shape index (κ1) is 19.9. The monoisotopic (exact) mass is 357 g/mol. The van der Waals surface area contributed by atoms with E-state index in [1.807, 2.05) is 6.08 Å². The topological polar surface area (TPSA) is 116 Å². The summed E-state index contributed by atoms with van der Waals surface area (Å²) < 4.78 is 64.2. The number of halogens is 2. The maximum atomic E-state index is 11.8. The third kappa shape index (κ3) is 8.21. The van der Waals surface area contributed by atoms with Gasteiger partial charge in [-0.2, -0.15) is 35.4 Å². The van der Waals surface area contributed by atoms with E-state index in [1.54, 1.807) is 0 Å². The van der Waals surface area contributed by atoms with Crippen molar-refractivity contribution in [1.82, 2.24) is 15.2 Å². The van der Waals surface area contributed by atoms with Gasteiger partial charge in [0.15, 0.2) is 6.54 Å². The first-order valence-corrected chi connectivity index (χ1v) is 7.47. The van der Waals surface area contributed by atoms with Gasteiger partial charge >= 0.3 is 39.7 Å². The molecule has 0 fully saturated rings. The number of nitrogens with one attached hydrogen (secondary N) is 1. The second-order valence-corrected chi connectivity index (χ2v) is 5.05. The Kier molecular flexibility index (Phi) is 8.78. The minimum atomic E-state index is -4.98. The van der Waals surface area contributed by atoms with Gasteiger partial charge in [0.2, 0.25) is 12.4 Å². The van der Waals surface area contributed by atoms with Gasteiger partial charge in [-0.05, 0) is 6.08 Å². The molecule has 2 rings (SSSR count). The zero-order chi connectivity index (χ0) is 17.2. The molecule has 0 radical (unpaired) electrons. The predicted molar refractivity (Wildman–Crippen MR) is 72.1 cm³/mol. The van der Waals surface area contributed by atoms with E-state index in [1.165, 1.54) is 5.10 Å². The van der Waals surface area contributed by atoms with E-state index in [0.717, 1.165) is 13.2 Å². The second kappa shape index (κ2) is 9.73. The van der Waals surface area contributed by atoms with Gasteiger partial charge in [0.1, 0.15) is 7.05 Å². The molecule has 0 saturated heterocycles. The van der Waals surface area contributed by atoms with Crippen LogP contribution in [0.5, 0.6) is 0 Å². The summed E-state index contributed by atoms with van der Waals surface area (Å²) in [6, 6.07) is 0. The van der Waals surface area contributed by atoms with Gasteiger partial charge in [0, 0.05) is 0 Å². The molecule has 1 aliphatic heterocycles. The molecule has 2 heterocycles. The van der Waals surface area contributed by atoms with Crippen molar-refractivity contribution in [2.24, 2.45) is 0 Å². The van der Waals surface area contributed by atoms with Crippen LogP contribution in [0.1, 0.15) is 0 Å². The fraction of sp³-hybridized carbons (Fsp3) is 0.333. The van der Waals surface area contributed by atoms with Crippen LogP contribution in [0.15, 0.2) is 17.8 Å². The number of nitrogens with zero attached hydrogens (tertiary/aromatic N) is 4. The number of rotatable bonds is 3. The Morgan fingerprint density at radius 2 is 2.09 bits per heavy atom. The van der Waals surface area contributed by atoms with Crippen LogP contribution in [0, 0.1) is 6.08 Å². The molecular weight excluding hydrogens is 344 g/mol. The molecule has 0 saturated carbocycles. The van der Waals surface area contributed by atoms with Crippen molar-refractivity contribution < 1.29 is 34.3 Å². The van der Waals surface area contributed by atoms with Crippen LogP contribution in [0.4, 0.5) is 8.28 Å². The van der Waals surface area contributed by atoms with Gasteiger partial charge in [0.25, 0.3) is 0 Å². The molecule has 1 aliphatic rings. The normalized spacial score (nSPS) is 12.9. The van der Waals surface area contributed by atoms with Crippen LogP contribution in [-0.4, -0.2) is 73.9 Å². The number of aromatic amines is 1. The highest BCUT2D eigenvalue weighted by Gasteiger charge is 2.18. The van der Waals surface area contributed by atoms with Crippen LogP contribution in [0.25, 0.3) is 0 Å². The lowest BCUT2D eigenvalue weighted by Gasteiger charge is -1.87. The molecule has 9 nitrogen and oxygen atoms in total. The van der Waals surface area contributed by atoms with Gasteiger partial charge in [-0.3, -0.25) is 0 Å². The average Bonchev–Trinajstić information content (AvgIpc) is 3.00. The molecule has 1 N–H and O–H groups in total. The minimum Gasteiger partial charge on any atom is -0.234 e. The molecule has 0 aromatic carbocycles. The van der Waals surface area contributed by atoms with Gasteiger partial charge < -0.3 is 0 Å². The summed E-state index contributed by atoms with van der Waals surface area (Å²) in [5, 5.41) is 3.05. The summed E-state index contributed by atoms with van der Waals surface area (Å²) in [5.41, 5.74) is 0. The van der Waals surface area contributed by atoms with E-state index >= 15 is 0 Å². The zero-order valence-electron chi connectivity index (χ0n) is 11.3. The highest BCUT2D eigenvalue weighted by molar-refractivity contribution is 7.86.